The molecule has 2 aromatic heterocycles. The number of halogens is 1. The lowest BCUT2D eigenvalue weighted by atomic mass is 10.0. The van der Waals surface area contributed by atoms with E-state index in [9.17, 15) is 9.32 Å². The highest BCUT2D eigenvalue weighted by Crippen LogP contribution is 2.33. The zero-order valence-corrected chi connectivity index (χ0v) is 23.1. The van der Waals surface area contributed by atoms with Crippen LogP contribution in [0.15, 0.2) is 59.0 Å². The summed E-state index contributed by atoms with van der Waals surface area (Å²) in [5.74, 6) is 0. The van der Waals surface area contributed by atoms with Crippen LogP contribution in [0.1, 0.15) is 0 Å². The summed E-state index contributed by atoms with van der Waals surface area (Å²) in [6.45, 7) is 0.538. The van der Waals surface area contributed by atoms with Crippen molar-refractivity contribution in [2.45, 2.75) is 24.4 Å². The molecule has 0 amide bonds. The lowest BCUT2D eigenvalue weighted by Crippen LogP contribution is -2.34. The molecule has 1 unspecified atom stereocenters. The normalized spacial score (nSPS) is 24.2. The first-order valence-electron chi connectivity index (χ1n) is 12.4. The molecule has 2 aromatic carbocycles. The maximum atomic E-state index is 12.5. The number of benzene rings is 2. The molecule has 4 heterocycles. The Morgan fingerprint density at radius 3 is 2.36 bits per heavy atom. The average Bonchev–Trinajstić information content (AvgIpc) is 3.60. The van der Waals surface area contributed by atoms with E-state index in [1.54, 1.807) is 30.7 Å². The zero-order chi connectivity index (χ0) is 27.3. The van der Waals surface area contributed by atoms with Crippen molar-refractivity contribution in [1.82, 2.24) is 19.3 Å². The van der Waals surface area contributed by atoms with E-state index in [1.165, 1.54) is 0 Å². The van der Waals surface area contributed by atoms with Crippen LogP contribution in [-0.4, -0.2) is 86.6 Å². The number of ether oxygens (including phenoxy) is 3. The van der Waals surface area contributed by atoms with E-state index in [0.717, 1.165) is 16.7 Å². The second-order valence-corrected chi connectivity index (χ2v) is 12.7. The topological polar surface area (TPSA) is 122 Å². The van der Waals surface area contributed by atoms with Crippen LogP contribution in [-0.2, 0) is 19.4 Å². The standard InChI is InChI=1S/C27H28ClN5O5S/c1-33(2)39(3,35)32-18-10-8-16(9-11-18)15-4-6-17(7-5-15)23-19(28)12-20-26(30-23)31-27(29-20)38-22-14-37-24-21(34)13-36-25(22)24/h4-12,21-22,24-25,34H,13-14H2,1-3H3,(H,29,30,31)/t21-,22-,24-,25-,39?/m1/s1. The van der Waals surface area contributed by atoms with Gasteiger partial charge in [-0.2, -0.15) is 9.35 Å². The van der Waals surface area contributed by atoms with Crippen LogP contribution >= 0.6 is 11.6 Å². The number of aliphatic hydroxyl groups excluding tert-OH is 1. The van der Waals surface area contributed by atoms with Crippen molar-refractivity contribution >= 4 is 38.4 Å². The second kappa shape index (κ2) is 10.2. The van der Waals surface area contributed by atoms with Gasteiger partial charge in [-0.3, -0.25) is 4.98 Å². The van der Waals surface area contributed by atoms with Crippen molar-refractivity contribution in [1.29, 1.82) is 0 Å². The van der Waals surface area contributed by atoms with E-state index >= 15 is 0 Å². The molecule has 10 nitrogen and oxygen atoms in total. The largest absolute Gasteiger partial charge is 0.456 e. The fourth-order valence-electron chi connectivity index (χ4n) is 4.65. The minimum Gasteiger partial charge on any atom is -0.456 e. The lowest BCUT2D eigenvalue weighted by Gasteiger charge is -2.15. The number of aromatic nitrogens is 3. The summed E-state index contributed by atoms with van der Waals surface area (Å²) in [7, 11) is 1.05. The average molecular weight is 570 g/mol. The number of nitrogens with one attached hydrogen (secondary N) is 1. The van der Waals surface area contributed by atoms with Gasteiger partial charge in [-0.05, 0) is 29.3 Å². The third-order valence-corrected chi connectivity index (χ3v) is 9.15. The van der Waals surface area contributed by atoms with Gasteiger partial charge in [-0.1, -0.05) is 48.0 Å². The smallest absolute Gasteiger partial charge is 0.296 e. The monoisotopic (exact) mass is 569 g/mol. The molecule has 0 spiro atoms. The van der Waals surface area contributed by atoms with Crippen LogP contribution in [0.2, 0.25) is 5.02 Å². The van der Waals surface area contributed by atoms with Crippen molar-refractivity contribution in [3.63, 3.8) is 0 Å². The number of nitrogens with zero attached hydrogens (tertiary/aromatic N) is 4. The van der Waals surface area contributed by atoms with Crippen LogP contribution in [0.3, 0.4) is 0 Å². The van der Waals surface area contributed by atoms with E-state index in [4.69, 9.17) is 30.8 Å². The third-order valence-electron chi connectivity index (χ3n) is 6.96. The molecule has 2 aliphatic rings. The summed E-state index contributed by atoms with van der Waals surface area (Å²) < 4.78 is 35.7. The summed E-state index contributed by atoms with van der Waals surface area (Å²) in [6, 6.07) is 17.6. The van der Waals surface area contributed by atoms with Gasteiger partial charge in [0.25, 0.3) is 6.01 Å². The zero-order valence-electron chi connectivity index (χ0n) is 21.6. The van der Waals surface area contributed by atoms with Crippen LogP contribution in [0.5, 0.6) is 6.01 Å². The Balaban J connectivity index is 1.20. The Kier molecular flexibility index (Phi) is 6.82. The molecular formula is C27H28ClN5O5S. The van der Waals surface area contributed by atoms with Crippen LogP contribution < -0.4 is 4.74 Å². The SMILES string of the molecule is CN(C)S(C)(=O)=Nc1ccc(-c2ccc(-c3nc4[nH]c(O[C@@H]5CO[C@H]6[C@@H]5OC[C@H]6O)nc4cc3Cl)cc2)cc1. The maximum Gasteiger partial charge on any atom is 0.296 e. The first kappa shape index (κ1) is 26.2. The molecule has 12 heteroatoms. The van der Waals surface area contributed by atoms with Crippen LogP contribution in [0, 0.1) is 0 Å². The van der Waals surface area contributed by atoms with Crippen molar-refractivity contribution in [2.75, 3.05) is 33.6 Å². The number of imidazole rings is 1. The van der Waals surface area contributed by atoms with Crippen molar-refractivity contribution in [3.05, 3.63) is 59.6 Å². The molecule has 0 saturated carbocycles. The van der Waals surface area contributed by atoms with Crippen molar-refractivity contribution in [3.8, 4) is 28.4 Å². The number of rotatable bonds is 6. The quantitative estimate of drug-likeness (QED) is 0.359. The molecule has 0 radical (unpaired) electrons. The number of H-pyrrole nitrogens is 1. The van der Waals surface area contributed by atoms with E-state index in [1.807, 2.05) is 48.5 Å². The number of pyridine rings is 1. The van der Waals surface area contributed by atoms with Gasteiger partial charge in [-0.15, -0.1) is 0 Å². The Morgan fingerprint density at radius 1 is 1.03 bits per heavy atom. The predicted molar refractivity (Wildman–Crippen MR) is 150 cm³/mol. The highest BCUT2D eigenvalue weighted by molar-refractivity contribution is 7.90. The van der Waals surface area contributed by atoms with Gasteiger partial charge in [0.15, 0.2) is 11.8 Å². The van der Waals surface area contributed by atoms with Gasteiger partial charge in [0.05, 0.1) is 29.6 Å². The van der Waals surface area contributed by atoms with Crippen LogP contribution in [0.25, 0.3) is 33.5 Å². The fourth-order valence-corrected chi connectivity index (χ4v) is 5.59. The number of hydrogen-bond acceptors (Lipinski definition) is 8. The lowest BCUT2D eigenvalue weighted by molar-refractivity contribution is 0.00706. The first-order valence-corrected chi connectivity index (χ1v) is 14.7. The molecule has 0 bridgehead atoms. The van der Waals surface area contributed by atoms with Gasteiger partial charge in [0, 0.05) is 25.9 Å². The summed E-state index contributed by atoms with van der Waals surface area (Å²) >= 11 is 6.59. The molecule has 5 atom stereocenters. The highest BCUT2D eigenvalue weighted by Gasteiger charge is 2.48. The highest BCUT2D eigenvalue weighted by atomic mass is 35.5. The van der Waals surface area contributed by atoms with Gasteiger partial charge >= 0.3 is 0 Å². The Hall–Kier alpha value is -3.06. The molecule has 39 heavy (non-hydrogen) atoms. The summed E-state index contributed by atoms with van der Waals surface area (Å²) in [6.07, 6.45) is -0.129. The maximum absolute atomic E-state index is 12.5. The molecule has 204 valence electrons. The molecule has 6 rings (SSSR count). The van der Waals surface area contributed by atoms with Crippen molar-refractivity contribution < 1.29 is 23.5 Å². The summed E-state index contributed by atoms with van der Waals surface area (Å²) in [5.41, 5.74) is 5.28. The second-order valence-electron chi connectivity index (χ2n) is 9.84. The van der Waals surface area contributed by atoms with E-state index in [-0.39, 0.29) is 24.9 Å². The molecule has 2 aliphatic heterocycles. The fraction of sp³-hybridized carbons (Fsp3) is 0.333. The minimum atomic E-state index is -2.44. The Bertz CT molecular complexity index is 1630. The number of fused-ring (bicyclic) bond motifs is 2. The third kappa shape index (κ3) is 5.13. The molecule has 2 N–H and O–H groups in total. The van der Waals surface area contributed by atoms with Gasteiger partial charge < -0.3 is 19.3 Å². The first-order chi connectivity index (χ1) is 18.7. The Labute approximate surface area is 231 Å². The van der Waals surface area contributed by atoms with E-state index in [2.05, 4.69) is 14.3 Å². The van der Waals surface area contributed by atoms with Gasteiger partial charge in [-0.25, -0.2) is 13.5 Å². The molecule has 0 aliphatic carbocycles. The molecule has 2 fully saturated rings. The number of aromatic amines is 1. The summed E-state index contributed by atoms with van der Waals surface area (Å²) in [5, 5.41) is 10.4. The molecule has 4 aromatic rings. The predicted octanol–water partition coefficient (Wildman–Crippen LogP) is 4.06. The number of aliphatic hydroxyl groups is 1. The molecular weight excluding hydrogens is 542 g/mol. The number of hydrogen-bond donors (Lipinski definition) is 2. The van der Waals surface area contributed by atoms with Gasteiger partial charge in [0.1, 0.15) is 33.7 Å². The molecule has 2 saturated heterocycles. The van der Waals surface area contributed by atoms with Crippen molar-refractivity contribution in [2.24, 2.45) is 4.36 Å². The minimum absolute atomic E-state index is 0.230. The Morgan fingerprint density at radius 2 is 1.67 bits per heavy atom. The van der Waals surface area contributed by atoms with E-state index < -0.39 is 16.0 Å². The van der Waals surface area contributed by atoms with Gasteiger partial charge in [0.2, 0.25) is 0 Å². The van der Waals surface area contributed by atoms with Crippen LogP contribution in [0.4, 0.5) is 5.69 Å². The van der Waals surface area contributed by atoms with E-state index in [0.29, 0.717) is 40.2 Å². The summed E-state index contributed by atoms with van der Waals surface area (Å²) in [4.78, 5) is 12.3.